The van der Waals surface area contributed by atoms with E-state index in [0.29, 0.717) is 22.5 Å². The lowest BCUT2D eigenvalue weighted by atomic mass is 10.1. The maximum atomic E-state index is 12.8. The van der Waals surface area contributed by atoms with Crippen LogP contribution >= 0.6 is 0 Å². The summed E-state index contributed by atoms with van der Waals surface area (Å²) in [7, 11) is 5.10. The van der Waals surface area contributed by atoms with Crippen molar-refractivity contribution in [2.45, 2.75) is 0 Å². The van der Waals surface area contributed by atoms with Crippen LogP contribution in [0.15, 0.2) is 78.9 Å². The van der Waals surface area contributed by atoms with Gasteiger partial charge in [0.2, 0.25) is 5.91 Å². The smallest absolute Gasteiger partial charge is 0.258 e. The molecule has 0 radical (unpaired) electrons. The number of carbonyl (C=O) groups is 3. The molecule has 0 aliphatic carbocycles. The van der Waals surface area contributed by atoms with Crippen LogP contribution in [0, 0.1) is 0 Å². The second-order valence-corrected chi connectivity index (χ2v) is 7.46. The minimum atomic E-state index is -0.241. The van der Waals surface area contributed by atoms with Crippen molar-refractivity contribution in [2.75, 3.05) is 43.2 Å². The number of nitrogens with one attached hydrogen (secondary N) is 2. The fourth-order valence-electron chi connectivity index (χ4n) is 3.07. The molecule has 0 unspecified atom stereocenters. The van der Waals surface area contributed by atoms with Gasteiger partial charge in [0.25, 0.3) is 11.8 Å². The van der Waals surface area contributed by atoms with E-state index in [1.54, 1.807) is 74.6 Å². The summed E-state index contributed by atoms with van der Waals surface area (Å²) >= 11 is 0. The molecule has 0 spiro atoms. The molecule has 7 heteroatoms. The highest BCUT2D eigenvalue weighted by Gasteiger charge is 2.14. The van der Waals surface area contributed by atoms with E-state index in [1.807, 2.05) is 30.3 Å². The molecule has 164 valence electrons. The first-order valence-corrected chi connectivity index (χ1v) is 10.1. The van der Waals surface area contributed by atoms with Gasteiger partial charge in [-0.3, -0.25) is 14.4 Å². The number of para-hydroxylation sites is 1. The number of anilines is 3. The summed E-state index contributed by atoms with van der Waals surface area (Å²) in [6, 6.07) is 23.1. The van der Waals surface area contributed by atoms with Crippen molar-refractivity contribution in [3.63, 3.8) is 0 Å². The lowest BCUT2D eigenvalue weighted by Gasteiger charge is -2.18. The number of hydrogen-bond donors (Lipinski definition) is 2. The van der Waals surface area contributed by atoms with Crippen molar-refractivity contribution in [3.8, 4) is 0 Å². The van der Waals surface area contributed by atoms with Gasteiger partial charge in [-0.05, 0) is 54.6 Å². The molecule has 0 aliphatic rings. The maximum absolute atomic E-state index is 12.8. The first-order chi connectivity index (χ1) is 15.3. The summed E-state index contributed by atoms with van der Waals surface area (Å²) in [5, 5.41) is 5.82. The van der Waals surface area contributed by atoms with Gasteiger partial charge in [0.15, 0.2) is 0 Å². The Morgan fingerprint density at radius 3 is 2.06 bits per heavy atom. The van der Waals surface area contributed by atoms with Crippen molar-refractivity contribution in [1.82, 2.24) is 4.90 Å². The summed E-state index contributed by atoms with van der Waals surface area (Å²) in [6.07, 6.45) is 0. The molecule has 32 heavy (non-hydrogen) atoms. The van der Waals surface area contributed by atoms with Crippen LogP contribution in [0.5, 0.6) is 0 Å². The molecule has 3 aromatic rings. The first-order valence-electron chi connectivity index (χ1n) is 10.1. The van der Waals surface area contributed by atoms with E-state index in [4.69, 9.17) is 0 Å². The highest BCUT2D eigenvalue weighted by atomic mass is 16.2. The van der Waals surface area contributed by atoms with Gasteiger partial charge in [-0.1, -0.05) is 24.3 Å². The van der Waals surface area contributed by atoms with Crippen LogP contribution in [0.2, 0.25) is 0 Å². The Hall–Kier alpha value is -4.13. The quantitative estimate of drug-likeness (QED) is 0.599. The highest BCUT2D eigenvalue weighted by molar-refractivity contribution is 6.06. The molecule has 3 aromatic carbocycles. The molecule has 0 saturated heterocycles. The van der Waals surface area contributed by atoms with E-state index in [0.717, 1.165) is 5.69 Å². The summed E-state index contributed by atoms with van der Waals surface area (Å²) in [5.74, 6) is -0.483. The van der Waals surface area contributed by atoms with E-state index in [1.165, 1.54) is 4.90 Å². The minimum absolute atomic E-state index is 0.0323. The zero-order chi connectivity index (χ0) is 23.1. The average molecular weight is 431 g/mol. The predicted octanol–water partition coefficient (Wildman–Crippen LogP) is 3.72. The molecule has 0 fully saturated rings. The van der Waals surface area contributed by atoms with Crippen LogP contribution in [0.1, 0.15) is 20.7 Å². The maximum Gasteiger partial charge on any atom is 0.258 e. The van der Waals surface area contributed by atoms with Crippen LogP contribution in [0.3, 0.4) is 0 Å². The van der Waals surface area contributed by atoms with Crippen LogP contribution in [0.25, 0.3) is 0 Å². The summed E-state index contributed by atoms with van der Waals surface area (Å²) in [5.41, 5.74) is 3.13. The molecule has 0 bridgehead atoms. The van der Waals surface area contributed by atoms with Gasteiger partial charge in [0.05, 0.1) is 6.54 Å². The summed E-state index contributed by atoms with van der Waals surface area (Å²) < 4.78 is 0. The van der Waals surface area contributed by atoms with E-state index < -0.39 is 0 Å². The number of amides is 3. The molecule has 7 nitrogen and oxygen atoms in total. The molecule has 0 saturated carbocycles. The zero-order valence-electron chi connectivity index (χ0n) is 18.3. The second kappa shape index (κ2) is 10.3. The summed E-state index contributed by atoms with van der Waals surface area (Å²) in [6.45, 7) is 0.0323. The van der Waals surface area contributed by atoms with Crippen LogP contribution in [0.4, 0.5) is 17.1 Å². The number of hydrogen-bond acceptors (Lipinski definition) is 4. The van der Waals surface area contributed by atoms with Crippen molar-refractivity contribution >= 4 is 34.8 Å². The summed E-state index contributed by atoms with van der Waals surface area (Å²) in [4.78, 5) is 40.1. The van der Waals surface area contributed by atoms with E-state index in [2.05, 4.69) is 10.6 Å². The topological polar surface area (TPSA) is 81.8 Å². The fraction of sp³-hybridized carbons (Fsp3) is 0.160. The molecular weight excluding hydrogens is 404 g/mol. The number of benzene rings is 3. The fourth-order valence-corrected chi connectivity index (χ4v) is 3.07. The van der Waals surface area contributed by atoms with Crippen molar-refractivity contribution < 1.29 is 14.4 Å². The minimum Gasteiger partial charge on any atom is -0.376 e. The molecule has 0 aliphatic heterocycles. The van der Waals surface area contributed by atoms with Crippen LogP contribution < -0.4 is 15.5 Å². The average Bonchev–Trinajstić information content (AvgIpc) is 2.82. The van der Waals surface area contributed by atoms with Gasteiger partial charge in [-0.15, -0.1) is 0 Å². The van der Waals surface area contributed by atoms with E-state index in [-0.39, 0.29) is 24.3 Å². The Balaban J connectivity index is 1.57. The Bertz CT molecular complexity index is 1100. The molecule has 3 rings (SSSR count). The van der Waals surface area contributed by atoms with Gasteiger partial charge in [0.1, 0.15) is 0 Å². The highest BCUT2D eigenvalue weighted by Crippen LogP contribution is 2.17. The van der Waals surface area contributed by atoms with E-state index in [9.17, 15) is 14.4 Å². The van der Waals surface area contributed by atoms with Gasteiger partial charge < -0.3 is 20.4 Å². The lowest BCUT2D eigenvalue weighted by molar-refractivity contribution is -0.114. The Labute approximate surface area is 187 Å². The van der Waals surface area contributed by atoms with Gasteiger partial charge >= 0.3 is 0 Å². The monoisotopic (exact) mass is 430 g/mol. The lowest BCUT2D eigenvalue weighted by Crippen LogP contribution is -2.26. The molecule has 3 amide bonds. The Morgan fingerprint density at radius 1 is 0.719 bits per heavy atom. The standard InChI is InChI=1S/C25H26N4O3/c1-28(2)24(31)18-12-14-20(15-13-18)27-23(30)17-26-21-9-7-8-19(16-21)25(32)29(3)22-10-5-4-6-11-22/h4-16,26H,17H2,1-3H3,(H,27,30). The van der Waals surface area contributed by atoms with Crippen molar-refractivity contribution in [1.29, 1.82) is 0 Å². The molecule has 0 heterocycles. The molecular formula is C25H26N4O3. The van der Waals surface area contributed by atoms with E-state index >= 15 is 0 Å². The van der Waals surface area contributed by atoms with Crippen LogP contribution in [-0.2, 0) is 4.79 Å². The third-order valence-corrected chi connectivity index (χ3v) is 4.83. The largest absolute Gasteiger partial charge is 0.376 e. The number of rotatable bonds is 7. The third kappa shape index (κ3) is 5.72. The van der Waals surface area contributed by atoms with Crippen LogP contribution in [-0.4, -0.2) is 50.3 Å². The van der Waals surface area contributed by atoms with Gasteiger partial charge in [-0.25, -0.2) is 0 Å². The SMILES string of the molecule is CN(C)C(=O)c1ccc(NC(=O)CNc2cccc(C(=O)N(C)c3ccccc3)c2)cc1. The first kappa shape index (κ1) is 22.6. The normalized spacial score (nSPS) is 10.2. The number of nitrogens with zero attached hydrogens (tertiary/aromatic N) is 2. The zero-order valence-corrected chi connectivity index (χ0v) is 18.3. The van der Waals surface area contributed by atoms with Crippen molar-refractivity contribution in [3.05, 3.63) is 90.0 Å². The second-order valence-electron chi connectivity index (χ2n) is 7.46. The predicted molar refractivity (Wildman–Crippen MR) is 127 cm³/mol. The Morgan fingerprint density at radius 2 is 1.41 bits per heavy atom. The molecule has 2 N–H and O–H groups in total. The van der Waals surface area contributed by atoms with Crippen molar-refractivity contribution in [2.24, 2.45) is 0 Å². The molecule has 0 aromatic heterocycles. The third-order valence-electron chi connectivity index (χ3n) is 4.83. The Kier molecular flexibility index (Phi) is 7.23. The number of carbonyl (C=O) groups excluding carboxylic acids is 3. The van der Waals surface area contributed by atoms with Gasteiger partial charge in [0, 0.05) is 49.3 Å². The van der Waals surface area contributed by atoms with Gasteiger partial charge in [-0.2, -0.15) is 0 Å². The molecule has 0 atom stereocenters.